The molecule has 0 bridgehead atoms. The molecule has 86 valence electrons. The fourth-order valence-corrected chi connectivity index (χ4v) is 1.21. The van der Waals surface area contributed by atoms with Gasteiger partial charge in [0.05, 0.1) is 5.69 Å². The molecule has 0 saturated carbocycles. The van der Waals surface area contributed by atoms with Crippen molar-refractivity contribution in [1.82, 2.24) is 0 Å². The fraction of sp³-hybridized carbons (Fsp3) is 0. The Labute approximate surface area is 96.1 Å². The summed E-state index contributed by atoms with van der Waals surface area (Å²) in [6, 6.07) is 10.1. The molecule has 17 heavy (non-hydrogen) atoms. The molecule has 0 aliphatic heterocycles. The van der Waals surface area contributed by atoms with Gasteiger partial charge in [0.2, 0.25) is 0 Å². The molecule has 3 nitrogen and oxygen atoms in total. The van der Waals surface area contributed by atoms with Crippen LogP contribution in [0.15, 0.2) is 52.7 Å². The van der Waals surface area contributed by atoms with Gasteiger partial charge >= 0.3 is 0 Å². The monoisotopic (exact) mass is 234 g/mol. The Bertz CT molecular complexity index is 556. The molecule has 0 radical (unpaired) electrons. The van der Waals surface area contributed by atoms with Gasteiger partial charge in [0.1, 0.15) is 5.69 Å². The van der Waals surface area contributed by atoms with E-state index in [9.17, 15) is 8.78 Å². The van der Waals surface area contributed by atoms with Crippen LogP contribution in [0.2, 0.25) is 0 Å². The lowest BCUT2D eigenvalue weighted by atomic mass is 10.3. The Morgan fingerprint density at radius 2 is 1.59 bits per heavy atom. The van der Waals surface area contributed by atoms with E-state index in [0.717, 1.165) is 6.07 Å². The van der Waals surface area contributed by atoms with Crippen molar-refractivity contribution in [2.24, 2.45) is 10.2 Å². The third-order valence-electron chi connectivity index (χ3n) is 2.05. The van der Waals surface area contributed by atoms with E-state index in [2.05, 4.69) is 10.2 Å². The lowest BCUT2D eigenvalue weighted by Gasteiger charge is -1.98. The Kier molecular flexibility index (Phi) is 3.09. The van der Waals surface area contributed by atoms with Crippen molar-refractivity contribution in [3.05, 3.63) is 54.1 Å². The standard InChI is InChI=1S/C12H8F2N2O/c13-9-7-12(17)10(14)6-11(9)16-15-8-4-2-1-3-5-8/h1-7,17H. The van der Waals surface area contributed by atoms with Crippen molar-refractivity contribution in [3.63, 3.8) is 0 Å². The zero-order valence-corrected chi connectivity index (χ0v) is 8.64. The zero-order valence-electron chi connectivity index (χ0n) is 8.64. The number of rotatable bonds is 2. The quantitative estimate of drug-likeness (QED) is 0.781. The number of azo groups is 1. The van der Waals surface area contributed by atoms with Crippen LogP contribution in [-0.2, 0) is 0 Å². The lowest BCUT2D eigenvalue weighted by Crippen LogP contribution is -1.80. The highest BCUT2D eigenvalue weighted by molar-refractivity contribution is 5.44. The van der Waals surface area contributed by atoms with E-state index < -0.39 is 17.4 Å². The van der Waals surface area contributed by atoms with Crippen molar-refractivity contribution in [2.45, 2.75) is 0 Å². The summed E-state index contributed by atoms with van der Waals surface area (Å²) in [7, 11) is 0. The maximum absolute atomic E-state index is 13.3. The van der Waals surface area contributed by atoms with Crippen LogP contribution in [-0.4, -0.2) is 5.11 Å². The van der Waals surface area contributed by atoms with Crippen molar-refractivity contribution < 1.29 is 13.9 Å². The van der Waals surface area contributed by atoms with Gasteiger partial charge in [-0.25, -0.2) is 8.78 Å². The average Bonchev–Trinajstić information content (AvgIpc) is 2.33. The number of hydrogen-bond donors (Lipinski definition) is 1. The second kappa shape index (κ2) is 4.69. The fourth-order valence-electron chi connectivity index (χ4n) is 1.21. The molecule has 0 aromatic heterocycles. The Hall–Kier alpha value is -2.30. The summed E-state index contributed by atoms with van der Waals surface area (Å²) in [5, 5.41) is 16.2. The first-order valence-corrected chi connectivity index (χ1v) is 4.81. The van der Waals surface area contributed by atoms with E-state index in [1.807, 2.05) is 0 Å². The number of phenolic OH excluding ortho intramolecular Hbond substituents is 1. The average molecular weight is 234 g/mol. The maximum atomic E-state index is 13.3. The van der Waals surface area contributed by atoms with Crippen LogP contribution < -0.4 is 0 Å². The minimum Gasteiger partial charge on any atom is -0.505 e. The molecule has 2 aromatic rings. The molecule has 1 N–H and O–H groups in total. The number of phenols is 1. The first-order valence-electron chi connectivity index (χ1n) is 4.81. The number of hydrogen-bond acceptors (Lipinski definition) is 3. The number of halogens is 2. The third-order valence-corrected chi connectivity index (χ3v) is 2.05. The highest BCUT2D eigenvalue weighted by atomic mass is 19.1. The Morgan fingerprint density at radius 1 is 0.882 bits per heavy atom. The zero-order chi connectivity index (χ0) is 12.3. The summed E-state index contributed by atoms with van der Waals surface area (Å²) < 4.78 is 26.2. The van der Waals surface area contributed by atoms with E-state index in [-0.39, 0.29) is 5.69 Å². The topological polar surface area (TPSA) is 45.0 Å². The van der Waals surface area contributed by atoms with Gasteiger partial charge in [0.15, 0.2) is 17.4 Å². The van der Waals surface area contributed by atoms with Gasteiger partial charge in [-0.1, -0.05) is 18.2 Å². The molecule has 0 aliphatic rings. The predicted octanol–water partition coefficient (Wildman–Crippen LogP) is 4.09. The van der Waals surface area contributed by atoms with Gasteiger partial charge < -0.3 is 5.11 Å². The van der Waals surface area contributed by atoms with Crippen LogP contribution in [0, 0.1) is 11.6 Å². The molecule has 0 aliphatic carbocycles. The molecular formula is C12H8F2N2O. The smallest absolute Gasteiger partial charge is 0.167 e. The van der Waals surface area contributed by atoms with Crippen LogP contribution in [0.3, 0.4) is 0 Å². The molecule has 0 amide bonds. The Balaban J connectivity index is 2.31. The highest BCUT2D eigenvalue weighted by Gasteiger charge is 2.08. The molecule has 5 heteroatoms. The van der Waals surface area contributed by atoms with E-state index in [4.69, 9.17) is 5.11 Å². The third kappa shape index (κ3) is 2.63. The summed E-state index contributed by atoms with van der Waals surface area (Å²) >= 11 is 0. The minimum absolute atomic E-state index is 0.260. The summed E-state index contributed by atoms with van der Waals surface area (Å²) in [5.74, 6) is -2.52. The van der Waals surface area contributed by atoms with E-state index in [1.165, 1.54) is 0 Å². The van der Waals surface area contributed by atoms with Crippen LogP contribution in [0.4, 0.5) is 20.2 Å². The summed E-state index contributed by atoms with van der Waals surface area (Å²) in [6.45, 7) is 0. The molecule has 0 atom stereocenters. The maximum Gasteiger partial charge on any atom is 0.167 e. The molecule has 0 unspecified atom stereocenters. The van der Waals surface area contributed by atoms with Crippen molar-refractivity contribution >= 4 is 11.4 Å². The molecule has 0 fully saturated rings. The SMILES string of the molecule is Oc1cc(F)c(N=Nc2ccccc2)cc1F. The summed E-state index contributed by atoms with van der Waals surface area (Å²) in [6.07, 6.45) is 0. The van der Waals surface area contributed by atoms with Gasteiger partial charge in [-0.05, 0) is 12.1 Å². The van der Waals surface area contributed by atoms with Crippen LogP contribution in [0.25, 0.3) is 0 Å². The van der Waals surface area contributed by atoms with E-state index in [1.54, 1.807) is 30.3 Å². The normalized spacial score (nSPS) is 10.9. The van der Waals surface area contributed by atoms with Gasteiger partial charge in [-0.15, -0.1) is 5.11 Å². The summed E-state index contributed by atoms with van der Waals surface area (Å²) in [4.78, 5) is 0. The molecule has 0 spiro atoms. The van der Waals surface area contributed by atoms with E-state index >= 15 is 0 Å². The van der Waals surface area contributed by atoms with Gasteiger partial charge in [0.25, 0.3) is 0 Å². The van der Waals surface area contributed by atoms with Gasteiger partial charge in [-0.3, -0.25) is 0 Å². The van der Waals surface area contributed by atoms with Gasteiger partial charge in [0, 0.05) is 12.1 Å². The lowest BCUT2D eigenvalue weighted by molar-refractivity contribution is 0.427. The first kappa shape index (κ1) is 11.2. The van der Waals surface area contributed by atoms with Gasteiger partial charge in [-0.2, -0.15) is 5.11 Å². The van der Waals surface area contributed by atoms with Crippen LogP contribution in [0.5, 0.6) is 5.75 Å². The van der Waals surface area contributed by atoms with Crippen LogP contribution in [0.1, 0.15) is 0 Å². The largest absolute Gasteiger partial charge is 0.505 e. The minimum atomic E-state index is -0.937. The second-order valence-electron chi connectivity index (χ2n) is 3.29. The molecule has 2 rings (SSSR count). The molecule has 2 aromatic carbocycles. The predicted molar refractivity (Wildman–Crippen MR) is 58.6 cm³/mol. The highest BCUT2D eigenvalue weighted by Crippen LogP contribution is 2.27. The summed E-state index contributed by atoms with van der Waals surface area (Å²) in [5.41, 5.74) is 0.268. The van der Waals surface area contributed by atoms with Crippen LogP contribution >= 0.6 is 0 Å². The number of nitrogens with zero attached hydrogens (tertiary/aromatic N) is 2. The molecule has 0 saturated heterocycles. The van der Waals surface area contributed by atoms with E-state index in [0.29, 0.717) is 11.8 Å². The number of aromatic hydroxyl groups is 1. The molecule has 0 heterocycles. The second-order valence-corrected chi connectivity index (χ2v) is 3.29. The van der Waals surface area contributed by atoms with Crippen molar-refractivity contribution in [3.8, 4) is 5.75 Å². The van der Waals surface area contributed by atoms with Crippen molar-refractivity contribution in [1.29, 1.82) is 0 Å². The van der Waals surface area contributed by atoms with Crippen molar-refractivity contribution in [2.75, 3.05) is 0 Å². The first-order chi connectivity index (χ1) is 8.16. The Morgan fingerprint density at radius 3 is 2.29 bits per heavy atom. The molecular weight excluding hydrogens is 226 g/mol. The number of benzene rings is 2.